The number of fused-ring (bicyclic) bond motifs is 6. The van der Waals surface area contributed by atoms with E-state index in [0.29, 0.717) is 0 Å². The normalized spacial score (nSPS) is 11.8. The Balaban J connectivity index is 1.57. The van der Waals surface area contributed by atoms with E-state index in [1.165, 1.54) is 32.6 Å². The second-order valence-corrected chi connectivity index (χ2v) is 9.17. The fourth-order valence-electron chi connectivity index (χ4n) is 5.05. The van der Waals surface area contributed by atoms with Gasteiger partial charge in [0.15, 0.2) is 0 Å². The molecule has 0 aliphatic carbocycles. The molecule has 0 atom stereocenters. The number of aromatic nitrogens is 3. The predicted molar refractivity (Wildman–Crippen MR) is 141 cm³/mol. The average molecular weight is 488 g/mol. The highest BCUT2D eigenvalue weighted by Crippen LogP contribution is 2.36. The molecule has 0 radical (unpaired) electrons. The number of benzene rings is 4. The minimum absolute atomic E-state index is 0.911. The largest absolute Gasteiger partial charge is 0.309 e. The third kappa shape index (κ3) is 2.71. The van der Waals surface area contributed by atoms with E-state index < -0.39 is 0 Å². The molecule has 0 saturated carbocycles. The van der Waals surface area contributed by atoms with E-state index in [0.717, 1.165) is 27.0 Å². The van der Waals surface area contributed by atoms with E-state index >= 15 is 0 Å². The quantitative estimate of drug-likeness (QED) is 0.242. The molecule has 0 amide bonds. The van der Waals surface area contributed by atoms with Crippen LogP contribution in [0.2, 0.25) is 0 Å². The second-order valence-electron chi connectivity index (χ2n) is 8.26. The molecular weight excluding hydrogens is 470 g/mol. The first-order chi connectivity index (χ1) is 16.3. The van der Waals surface area contributed by atoms with E-state index in [1.807, 2.05) is 12.3 Å². The minimum atomic E-state index is 0.911. The van der Waals surface area contributed by atoms with Crippen LogP contribution in [0.4, 0.5) is 0 Å². The molecule has 0 saturated heterocycles. The zero-order chi connectivity index (χ0) is 21.9. The molecule has 0 aliphatic rings. The van der Waals surface area contributed by atoms with Crippen molar-refractivity contribution < 1.29 is 0 Å². The summed E-state index contributed by atoms with van der Waals surface area (Å²) in [5, 5.41) is 4.99. The van der Waals surface area contributed by atoms with Crippen LogP contribution in [0, 0.1) is 0 Å². The summed E-state index contributed by atoms with van der Waals surface area (Å²) in [7, 11) is 0. The van der Waals surface area contributed by atoms with Gasteiger partial charge in [-0.05, 0) is 64.5 Å². The fraction of sp³-hybridized carbons (Fsp3) is 0. The first-order valence-corrected chi connectivity index (χ1v) is 11.7. The molecule has 7 rings (SSSR count). The molecule has 0 fully saturated rings. The monoisotopic (exact) mass is 487 g/mol. The first-order valence-electron chi connectivity index (χ1n) is 10.9. The highest BCUT2D eigenvalue weighted by atomic mass is 79.9. The molecule has 3 aromatic heterocycles. The Morgan fingerprint density at radius 1 is 0.515 bits per heavy atom. The topological polar surface area (TPSA) is 22.8 Å². The summed E-state index contributed by atoms with van der Waals surface area (Å²) in [5.74, 6) is 0.911. The summed E-state index contributed by atoms with van der Waals surface area (Å²) >= 11 is 3.50. The number of halogens is 1. The van der Waals surface area contributed by atoms with Crippen LogP contribution in [0.25, 0.3) is 55.1 Å². The van der Waals surface area contributed by atoms with Crippen LogP contribution in [0.3, 0.4) is 0 Å². The summed E-state index contributed by atoms with van der Waals surface area (Å²) in [5.41, 5.74) is 5.90. The lowest BCUT2D eigenvalue weighted by molar-refractivity contribution is 1.07. The van der Waals surface area contributed by atoms with Crippen LogP contribution in [-0.4, -0.2) is 14.1 Å². The zero-order valence-corrected chi connectivity index (χ0v) is 19.2. The van der Waals surface area contributed by atoms with Gasteiger partial charge in [-0.15, -0.1) is 0 Å². The van der Waals surface area contributed by atoms with Gasteiger partial charge in [-0.2, -0.15) is 0 Å². The molecular formula is C29H18BrN3. The van der Waals surface area contributed by atoms with Gasteiger partial charge in [-0.3, -0.25) is 4.57 Å². The Morgan fingerprint density at radius 3 is 1.67 bits per heavy atom. The lowest BCUT2D eigenvalue weighted by Crippen LogP contribution is -1.97. The summed E-state index contributed by atoms with van der Waals surface area (Å²) in [6, 6.07) is 36.7. The lowest BCUT2D eigenvalue weighted by atomic mass is 10.1. The fourth-order valence-corrected chi connectivity index (χ4v) is 5.28. The minimum Gasteiger partial charge on any atom is -0.309 e. The van der Waals surface area contributed by atoms with Crippen LogP contribution >= 0.6 is 15.9 Å². The van der Waals surface area contributed by atoms with Gasteiger partial charge in [-0.1, -0.05) is 54.6 Å². The van der Waals surface area contributed by atoms with Gasteiger partial charge in [0.05, 0.1) is 22.1 Å². The molecule has 7 aromatic rings. The van der Waals surface area contributed by atoms with Gasteiger partial charge in [0.2, 0.25) is 0 Å². The van der Waals surface area contributed by atoms with E-state index in [9.17, 15) is 0 Å². The van der Waals surface area contributed by atoms with Crippen LogP contribution in [0.15, 0.2) is 114 Å². The zero-order valence-electron chi connectivity index (χ0n) is 17.6. The third-order valence-electron chi connectivity index (χ3n) is 6.44. The molecule has 0 bridgehead atoms. The summed E-state index contributed by atoms with van der Waals surface area (Å²) in [6.45, 7) is 0. The number of rotatable bonds is 2. The number of nitrogens with zero attached hydrogens (tertiary/aromatic N) is 3. The van der Waals surface area contributed by atoms with Gasteiger partial charge < -0.3 is 4.57 Å². The standard InChI is InChI=1S/C29H18BrN3/c30-19-13-16-29(31-18-19)33-27-12-6-3-9-23(27)24-17-20(14-15-28(24)33)32-25-10-4-1-7-21(25)22-8-2-5-11-26(22)32/h1-18H. The molecule has 3 heterocycles. The third-order valence-corrected chi connectivity index (χ3v) is 6.90. The molecule has 3 nitrogen and oxygen atoms in total. The Kier molecular flexibility index (Phi) is 3.99. The highest BCUT2D eigenvalue weighted by molar-refractivity contribution is 9.10. The Hall–Kier alpha value is -3.89. The Morgan fingerprint density at radius 2 is 1.06 bits per heavy atom. The summed E-state index contributed by atoms with van der Waals surface area (Å²) in [4.78, 5) is 4.69. The van der Waals surface area contributed by atoms with E-state index in [4.69, 9.17) is 0 Å². The van der Waals surface area contributed by atoms with Crippen molar-refractivity contribution in [3.63, 3.8) is 0 Å². The molecule has 0 spiro atoms. The van der Waals surface area contributed by atoms with Gasteiger partial charge in [0.1, 0.15) is 5.82 Å². The highest BCUT2D eigenvalue weighted by Gasteiger charge is 2.16. The molecule has 0 aliphatic heterocycles. The van der Waals surface area contributed by atoms with Gasteiger partial charge >= 0.3 is 0 Å². The predicted octanol–water partition coefficient (Wildman–Crippen LogP) is 8.04. The van der Waals surface area contributed by atoms with Crippen LogP contribution in [0.5, 0.6) is 0 Å². The smallest absolute Gasteiger partial charge is 0.137 e. The lowest BCUT2D eigenvalue weighted by Gasteiger charge is -2.10. The van der Waals surface area contributed by atoms with Crippen LogP contribution < -0.4 is 0 Å². The molecule has 4 heteroatoms. The van der Waals surface area contributed by atoms with Crippen molar-refractivity contribution in [2.45, 2.75) is 0 Å². The Bertz CT molecular complexity index is 1770. The SMILES string of the molecule is Brc1ccc(-n2c3ccccc3c3cc(-n4c5ccccc5c5ccccc54)ccc32)nc1. The van der Waals surface area contributed by atoms with Crippen molar-refractivity contribution in [2.75, 3.05) is 0 Å². The number of hydrogen-bond acceptors (Lipinski definition) is 1. The maximum Gasteiger partial charge on any atom is 0.137 e. The van der Waals surface area contributed by atoms with E-state index in [1.54, 1.807) is 0 Å². The summed E-state index contributed by atoms with van der Waals surface area (Å²) in [6.07, 6.45) is 1.85. The average Bonchev–Trinajstić information content (AvgIpc) is 3.37. The van der Waals surface area contributed by atoms with Crippen molar-refractivity contribution in [3.05, 3.63) is 114 Å². The number of hydrogen-bond donors (Lipinski definition) is 0. The van der Waals surface area contributed by atoms with Crippen LogP contribution in [0.1, 0.15) is 0 Å². The maximum absolute atomic E-state index is 4.69. The van der Waals surface area contributed by atoms with Gasteiger partial charge in [0.25, 0.3) is 0 Å². The van der Waals surface area contributed by atoms with Crippen molar-refractivity contribution in [1.29, 1.82) is 0 Å². The van der Waals surface area contributed by atoms with E-state index in [-0.39, 0.29) is 0 Å². The maximum atomic E-state index is 4.69. The van der Waals surface area contributed by atoms with Gasteiger partial charge in [-0.25, -0.2) is 4.98 Å². The molecule has 4 aromatic carbocycles. The summed E-state index contributed by atoms with van der Waals surface area (Å²) < 4.78 is 5.58. The van der Waals surface area contributed by atoms with Crippen molar-refractivity contribution in [2.24, 2.45) is 0 Å². The second kappa shape index (κ2) is 7.06. The van der Waals surface area contributed by atoms with Crippen molar-refractivity contribution in [1.82, 2.24) is 14.1 Å². The Labute approximate surface area is 198 Å². The van der Waals surface area contributed by atoms with Gasteiger partial charge in [0, 0.05) is 37.9 Å². The van der Waals surface area contributed by atoms with E-state index in [2.05, 4.69) is 127 Å². The molecule has 0 N–H and O–H groups in total. The molecule has 156 valence electrons. The molecule has 33 heavy (non-hydrogen) atoms. The first kappa shape index (κ1) is 18.7. The van der Waals surface area contributed by atoms with Crippen molar-refractivity contribution >= 4 is 59.5 Å². The van der Waals surface area contributed by atoms with Crippen LogP contribution in [-0.2, 0) is 0 Å². The molecule has 0 unspecified atom stereocenters. The van der Waals surface area contributed by atoms with Crippen molar-refractivity contribution in [3.8, 4) is 11.5 Å². The number of pyridine rings is 1. The number of para-hydroxylation sites is 3.